The number of rotatable bonds is 6. The summed E-state index contributed by atoms with van der Waals surface area (Å²) in [6.45, 7) is 4.92. The van der Waals surface area contributed by atoms with E-state index in [1.807, 2.05) is 0 Å². The summed E-state index contributed by atoms with van der Waals surface area (Å²) in [6.07, 6.45) is -3.35. The van der Waals surface area contributed by atoms with E-state index < -0.39 is 35.0 Å². The van der Waals surface area contributed by atoms with Gasteiger partial charge in [0, 0.05) is 19.2 Å². The molecule has 0 unspecified atom stereocenters. The Bertz CT molecular complexity index is 1380. The molecule has 10 heteroatoms. The second-order valence-electron chi connectivity index (χ2n) is 10.5. The number of pyridine rings is 1. The Balaban J connectivity index is 1.79. The van der Waals surface area contributed by atoms with Gasteiger partial charge in [-0.2, -0.15) is 13.2 Å². The van der Waals surface area contributed by atoms with E-state index in [1.165, 1.54) is 42.4 Å². The molecule has 0 spiro atoms. The van der Waals surface area contributed by atoms with Crippen LogP contribution in [0.2, 0.25) is 0 Å². The third kappa shape index (κ3) is 5.62. The first-order chi connectivity index (χ1) is 18.2. The lowest BCUT2D eigenvalue weighted by molar-refractivity contribution is -0.137. The number of nitrogens with zero attached hydrogens (tertiary/aromatic N) is 3. The molecule has 2 N–H and O–H groups in total. The minimum absolute atomic E-state index is 0.186. The minimum Gasteiger partial charge on any atom is -0.394 e. The van der Waals surface area contributed by atoms with Crippen molar-refractivity contribution in [2.24, 2.45) is 0 Å². The number of amides is 1. The van der Waals surface area contributed by atoms with Crippen LogP contribution in [0.4, 0.5) is 29.1 Å². The van der Waals surface area contributed by atoms with Crippen LogP contribution in [-0.2, 0) is 16.4 Å². The Morgan fingerprint density at radius 3 is 2.44 bits per heavy atom. The summed E-state index contributed by atoms with van der Waals surface area (Å²) in [5.41, 5.74) is 0.187. The van der Waals surface area contributed by atoms with Crippen LogP contribution in [-0.4, -0.2) is 53.4 Å². The average Bonchev–Trinajstić information content (AvgIpc) is 3.27. The topological polar surface area (TPSA) is 76.9 Å². The number of β-amino-alcohol motifs (C(OH)–C–C–N with tert-alkyl or cyclic N) is 1. The first kappa shape index (κ1) is 28.5. The highest BCUT2D eigenvalue weighted by Gasteiger charge is 2.38. The lowest BCUT2D eigenvalue weighted by atomic mass is 9.82. The Morgan fingerprint density at radius 1 is 1.10 bits per heavy atom. The number of halogens is 4. The summed E-state index contributed by atoms with van der Waals surface area (Å²) in [5, 5.41) is 20.0. The molecule has 0 radical (unpaired) electrons. The third-order valence-electron chi connectivity index (χ3n) is 7.36. The van der Waals surface area contributed by atoms with Gasteiger partial charge in [0.05, 0.1) is 41.6 Å². The second-order valence-corrected chi connectivity index (χ2v) is 10.5. The Morgan fingerprint density at radius 2 is 1.79 bits per heavy atom. The summed E-state index contributed by atoms with van der Waals surface area (Å²) in [5.74, 6) is -0.432. The average molecular weight is 546 g/mol. The number of carbonyl (C=O) groups excluding carboxylic acids is 1. The monoisotopic (exact) mass is 545 g/mol. The molecule has 0 saturated carbocycles. The molecule has 2 atom stereocenters. The fraction of sp³-hybridized carbons (Fsp3) is 0.379. The van der Waals surface area contributed by atoms with E-state index in [4.69, 9.17) is 0 Å². The van der Waals surface area contributed by atoms with Crippen molar-refractivity contribution >= 4 is 17.4 Å². The zero-order valence-electron chi connectivity index (χ0n) is 22.1. The molecule has 2 heterocycles. The van der Waals surface area contributed by atoms with E-state index in [9.17, 15) is 32.6 Å². The van der Waals surface area contributed by atoms with Gasteiger partial charge in [0.2, 0.25) is 5.91 Å². The standard InChI is InChI=1S/C29H31F4N3O3/c1-17-10-20(30)8-9-23(17)24-13-26(36-15-22(38)12-21(36)16-37)34-14-25(24)35(4)27(39)28(2,3)18-6-5-7-19(11-18)29(31,32)33/h5-11,13-14,21-22,37-38H,12,15-16H2,1-4H3/t21-,22+/m0/s1. The number of anilines is 2. The first-order valence-corrected chi connectivity index (χ1v) is 12.5. The molecule has 0 aliphatic carbocycles. The summed E-state index contributed by atoms with van der Waals surface area (Å²) < 4.78 is 54.1. The van der Waals surface area contributed by atoms with Gasteiger partial charge in [0.1, 0.15) is 11.6 Å². The number of aromatic nitrogens is 1. The maximum atomic E-state index is 14.0. The van der Waals surface area contributed by atoms with Gasteiger partial charge in [-0.3, -0.25) is 4.79 Å². The third-order valence-corrected chi connectivity index (χ3v) is 7.36. The van der Waals surface area contributed by atoms with Crippen LogP contribution < -0.4 is 9.80 Å². The number of benzene rings is 2. The number of likely N-dealkylation sites (N-methyl/N-ethyl adjacent to an activating group) is 1. The molecule has 1 aliphatic rings. The van der Waals surface area contributed by atoms with Crippen LogP contribution in [0.1, 0.15) is 37.0 Å². The van der Waals surface area contributed by atoms with Crippen LogP contribution in [0.25, 0.3) is 11.1 Å². The zero-order chi connectivity index (χ0) is 28.7. The highest BCUT2D eigenvalue weighted by Crippen LogP contribution is 2.39. The predicted molar refractivity (Wildman–Crippen MR) is 141 cm³/mol. The normalized spacial score (nSPS) is 17.9. The van der Waals surface area contributed by atoms with Gasteiger partial charge in [0.25, 0.3) is 0 Å². The highest BCUT2D eigenvalue weighted by atomic mass is 19.4. The highest BCUT2D eigenvalue weighted by molar-refractivity contribution is 6.03. The number of aliphatic hydroxyl groups excluding tert-OH is 2. The van der Waals surface area contributed by atoms with Crippen LogP contribution in [0, 0.1) is 12.7 Å². The van der Waals surface area contributed by atoms with Gasteiger partial charge in [0.15, 0.2) is 0 Å². The maximum absolute atomic E-state index is 14.0. The fourth-order valence-corrected chi connectivity index (χ4v) is 5.09. The Hall–Kier alpha value is -3.50. The molecular weight excluding hydrogens is 514 g/mol. The molecule has 208 valence electrons. The van der Waals surface area contributed by atoms with Crippen LogP contribution in [0.3, 0.4) is 0 Å². The number of hydrogen-bond donors (Lipinski definition) is 2. The van der Waals surface area contributed by atoms with Crippen LogP contribution >= 0.6 is 0 Å². The number of carbonyl (C=O) groups is 1. The lowest BCUT2D eigenvalue weighted by Gasteiger charge is -2.32. The first-order valence-electron chi connectivity index (χ1n) is 12.5. The molecule has 39 heavy (non-hydrogen) atoms. The quantitative estimate of drug-likeness (QED) is 0.422. The van der Waals surface area contributed by atoms with E-state index >= 15 is 0 Å². The lowest BCUT2D eigenvalue weighted by Crippen LogP contribution is -2.42. The van der Waals surface area contributed by atoms with Crippen molar-refractivity contribution in [3.8, 4) is 11.1 Å². The van der Waals surface area contributed by atoms with Gasteiger partial charge in [-0.1, -0.05) is 24.3 Å². The number of aliphatic hydroxyl groups is 2. The Labute approximate surface area is 224 Å². The van der Waals surface area contributed by atoms with Crippen molar-refractivity contribution in [2.75, 3.05) is 30.0 Å². The molecular formula is C29H31F4N3O3. The van der Waals surface area contributed by atoms with E-state index in [-0.39, 0.29) is 24.8 Å². The van der Waals surface area contributed by atoms with Crippen molar-refractivity contribution in [1.82, 2.24) is 4.98 Å². The van der Waals surface area contributed by atoms with Crippen LogP contribution in [0.5, 0.6) is 0 Å². The van der Waals surface area contributed by atoms with Gasteiger partial charge >= 0.3 is 6.18 Å². The van der Waals surface area contributed by atoms with Gasteiger partial charge in [-0.25, -0.2) is 9.37 Å². The summed E-state index contributed by atoms with van der Waals surface area (Å²) in [4.78, 5) is 21.5. The second kappa shape index (κ2) is 10.6. The Kier molecular flexibility index (Phi) is 7.73. The molecule has 1 fully saturated rings. The number of aryl methyl sites for hydroxylation is 1. The maximum Gasteiger partial charge on any atom is 0.416 e. The van der Waals surface area contributed by atoms with Gasteiger partial charge in [-0.15, -0.1) is 0 Å². The molecule has 1 aromatic heterocycles. The molecule has 1 saturated heterocycles. The van der Waals surface area contributed by atoms with Gasteiger partial charge < -0.3 is 20.0 Å². The summed E-state index contributed by atoms with van der Waals surface area (Å²) in [7, 11) is 1.52. The van der Waals surface area contributed by atoms with Gasteiger partial charge in [-0.05, 0) is 68.1 Å². The summed E-state index contributed by atoms with van der Waals surface area (Å²) >= 11 is 0. The van der Waals surface area contributed by atoms with Crippen molar-refractivity contribution in [1.29, 1.82) is 0 Å². The van der Waals surface area contributed by atoms with E-state index in [1.54, 1.807) is 37.8 Å². The zero-order valence-corrected chi connectivity index (χ0v) is 22.1. The minimum atomic E-state index is -4.55. The van der Waals surface area contributed by atoms with Crippen molar-refractivity contribution < 1.29 is 32.6 Å². The largest absolute Gasteiger partial charge is 0.416 e. The molecule has 0 bridgehead atoms. The molecule has 3 aromatic rings. The van der Waals surface area contributed by atoms with Crippen molar-refractivity contribution in [2.45, 2.75) is 50.9 Å². The van der Waals surface area contributed by atoms with Crippen molar-refractivity contribution in [3.63, 3.8) is 0 Å². The number of alkyl halides is 3. The molecule has 1 amide bonds. The summed E-state index contributed by atoms with van der Waals surface area (Å²) in [6, 6.07) is 10.3. The van der Waals surface area contributed by atoms with E-state index in [0.29, 0.717) is 34.6 Å². The molecule has 2 aromatic carbocycles. The SMILES string of the molecule is Cc1cc(F)ccc1-c1cc(N2C[C@H](O)C[C@H]2CO)ncc1N(C)C(=O)C(C)(C)c1cccc(C(F)(F)F)c1. The van der Waals surface area contributed by atoms with Crippen molar-refractivity contribution in [3.05, 3.63) is 77.2 Å². The predicted octanol–water partition coefficient (Wildman–Crippen LogP) is 5.09. The number of hydrogen-bond acceptors (Lipinski definition) is 5. The van der Waals surface area contributed by atoms with Crippen LogP contribution in [0.15, 0.2) is 54.7 Å². The smallest absolute Gasteiger partial charge is 0.394 e. The molecule has 4 rings (SSSR count). The fourth-order valence-electron chi connectivity index (χ4n) is 5.09. The molecule has 6 nitrogen and oxygen atoms in total. The molecule has 1 aliphatic heterocycles. The van der Waals surface area contributed by atoms with E-state index in [0.717, 1.165) is 12.1 Å². The van der Waals surface area contributed by atoms with E-state index in [2.05, 4.69) is 4.98 Å².